The highest BCUT2D eigenvalue weighted by atomic mass is 32.2. The van der Waals surface area contributed by atoms with Crippen LogP contribution in [0.5, 0.6) is 0 Å². The van der Waals surface area contributed by atoms with E-state index in [9.17, 15) is 13.2 Å². The van der Waals surface area contributed by atoms with Crippen LogP contribution in [0.3, 0.4) is 0 Å². The molecule has 2 N–H and O–H groups in total. The van der Waals surface area contributed by atoms with Gasteiger partial charge in [0.05, 0.1) is 23.4 Å². The van der Waals surface area contributed by atoms with E-state index in [0.29, 0.717) is 12.1 Å². The smallest absolute Gasteiger partial charge is 0.354 e. The Kier molecular flexibility index (Phi) is 3.02. The van der Waals surface area contributed by atoms with Gasteiger partial charge in [0.2, 0.25) is 0 Å². The average Bonchev–Trinajstić information content (AvgIpc) is 2.53. The summed E-state index contributed by atoms with van der Waals surface area (Å²) in [4.78, 5) is 14.4. The predicted octanol–water partition coefficient (Wildman–Crippen LogP) is 0.769. The highest BCUT2D eigenvalue weighted by Gasteiger charge is 2.38. The Labute approximate surface area is 105 Å². The maximum Gasteiger partial charge on any atom is 0.354 e. The molecular formula is C11H14N2O4S. The summed E-state index contributed by atoms with van der Waals surface area (Å²) in [6, 6.07) is 2.98. The molecule has 0 amide bonds. The zero-order valence-electron chi connectivity index (χ0n) is 9.88. The van der Waals surface area contributed by atoms with Crippen LogP contribution in [0.1, 0.15) is 23.8 Å². The van der Waals surface area contributed by atoms with Gasteiger partial charge in [0.25, 0.3) is 0 Å². The van der Waals surface area contributed by atoms with Crippen LogP contribution in [-0.4, -0.2) is 41.5 Å². The summed E-state index contributed by atoms with van der Waals surface area (Å²) in [5.74, 6) is -0.825. The molecule has 0 spiro atoms. The standard InChI is InChI=1S/C11H14N2O4S/c1-11(4-5-18(16,17)7-11)13-8-2-3-9(10(14)15)12-6-8/h2-3,6,13H,4-5,7H2,1H3,(H,14,15). The van der Waals surface area contributed by atoms with Crippen molar-refractivity contribution in [2.45, 2.75) is 18.9 Å². The minimum absolute atomic E-state index is 0.0373. The molecule has 0 radical (unpaired) electrons. The molecule has 1 atom stereocenters. The second-order valence-corrected chi connectivity index (χ2v) is 6.95. The lowest BCUT2D eigenvalue weighted by Crippen LogP contribution is -2.35. The fraction of sp³-hybridized carbons (Fsp3) is 0.455. The Morgan fingerprint density at radius 3 is 2.67 bits per heavy atom. The summed E-state index contributed by atoms with van der Waals surface area (Å²) in [5.41, 5.74) is 0.0787. The van der Waals surface area contributed by atoms with Gasteiger partial charge in [-0.2, -0.15) is 0 Å². The number of nitrogens with zero attached hydrogens (tertiary/aromatic N) is 1. The maximum absolute atomic E-state index is 11.4. The molecule has 0 aromatic carbocycles. The molecule has 6 nitrogen and oxygen atoms in total. The van der Waals surface area contributed by atoms with Gasteiger partial charge in [-0.3, -0.25) is 0 Å². The molecular weight excluding hydrogens is 256 g/mol. The highest BCUT2D eigenvalue weighted by molar-refractivity contribution is 7.91. The number of carbonyl (C=O) groups is 1. The number of pyridine rings is 1. The Hall–Kier alpha value is -1.63. The van der Waals surface area contributed by atoms with Gasteiger partial charge in [0.1, 0.15) is 5.69 Å². The lowest BCUT2D eigenvalue weighted by atomic mass is 10.0. The van der Waals surface area contributed by atoms with Crippen LogP contribution in [0.4, 0.5) is 5.69 Å². The van der Waals surface area contributed by atoms with E-state index in [1.54, 1.807) is 6.07 Å². The summed E-state index contributed by atoms with van der Waals surface area (Å²) in [7, 11) is -2.97. The van der Waals surface area contributed by atoms with Crippen molar-refractivity contribution in [3.63, 3.8) is 0 Å². The van der Waals surface area contributed by atoms with Gasteiger partial charge in [-0.05, 0) is 25.5 Å². The van der Waals surface area contributed by atoms with Gasteiger partial charge in [-0.15, -0.1) is 0 Å². The van der Waals surface area contributed by atoms with Gasteiger partial charge in [0.15, 0.2) is 9.84 Å². The summed E-state index contributed by atoms with van der Waals surface area (Å²) < 4.78 is 22.9. The topological polar surface area (TPSA) is 96.4 Å². The molecule has 1 aliphatic rings. The first-order valence-corrected chi connectivity index (χ1v) is 7.30. The number of hydrogen-bond acceptors (Lipinski definition) is 5. The third-order valence-corrected chi connectivity index (χ3v) is 4.84. The number of carboxylic acid groups (broad SMARTS) is 1. The van der Waals surface area contributed by atoms with E-state index in [1.165, 1.54) is 12.3 Å². The molecule has 1 aliphatic heterocycles. The first-order valence-electron chi connectivity index (χ1n) is 5.48. The SMILES string of the molecule is CC1(Nc2ccc(C(=O)O)nc2)CCS(=O)(=O)C1. The van der Waals surface area contributed by atoms with E-state index in [-0.39, 0.29) is 17.2 Å². The van der Waals surface area contributed by atoms with Crippen molar-refractivity contribution in [2.75, 3.05) is 16.8 Å². The summed E-state index contributed by atoms with van der Waals surface area (Å²) >= 11 is 0. The molecule has 0 saturated carbocycles. The van der Waals surface area contributed by atoms with Crippen molar-refractivity contribution in [1.29, 1.82) is 0 Å². The van der Waals surface area contributed by atoms with Crippen LogP contribution < -0.4 is 5.32 Å². The minimum atomic E-state index is -2.97. The number of hydrogen-bond donors (Lipinski definition) is 2. The lowest BCUT2D eigenvalue weighted by Gasteiger charge is -2.25. The van der Waals surface area contributed by atoms with Crippen molar-refractivity contribution >= 4 is 21.5 Å². The normalized spacial score (nSPS) is 25.8. The summed E-state index contributed by atoms with van der Waals surface area (Å²) in [6.45, 7) is 1.84. The molecule has 2 rings (SSSR count). The van der Waals surface area contributed by atoms with Gasteiger partial charge in [0, 0.05) is 5.54 Å². The van der Waals surface area contributed by atoms with Crippen molar-refractivity contribution in [3.05, 3.63) is 24.0 Å². The first-order chi connectivity index (χ1) is 8.30. The lowest BCUT2D eigenvalue weighted by molar-refractivity contribution is 0.0690. The van der Waals surface area contributed by atoms with Crippen molar-refractivity contribution in [2.24, 2.45) is 0 Å². The van der Waals surface area contributed by atoms with E-state index < -0.39 is 21.3 Å². The molecule has 1 saturated heterocycles. The molecule has 1 aromatic rings. The number of carboxylic acids is 1. The molecule has 18 heavy (non-hydrogen) atoms. The van der Waals surface area contributed by atoms with Crippen LogP contribution in [0, 0.1) is 0 Å². The van der Waals surface area contributed by atoms with E-state index in [4.69, 9.17) is 5.11 Å². The predicted molar refractivity (Wildman–Crippen MR) is 66.5 cm³/mol. The minimum Gasteiger partial charge on any atom is -0.477 e. The zero-order valence-corrected chi connectivity index (χ0v) is 10.7. The van der Waals surface area contributed by atoms with E-state index in [2.05, 4.69) is 10.3 Å². The number of nitrogens with one attached hydrogen (secondary N) is 1. The Balaban J connectivity index is 2.13. The largest absolute Gasteiger partial charge is 0.477 e. The quantitative estimate of drug-likeness (QED) is 0.842. The monoisotopic (exact) mass is 270 g/mol. The molecule has 0 bridgehead atoms. The van der Waals surface area contributed by atoms with Crippen LogP contribution in [0.2, 0.25) is 0 Å². The number of rotatable bonds is 3. The molecule has 1 unspecified atom stereocenters. The average molecular weight is 270 g/mol. The van der Waals surface area contributed by atoms with Crippen molar-refractivity contribution in [1.82, 2.24) is 4.98 Å². The number of aromatic nitrogens is 1. The molecule has 98 valence electrons. The Morgan fingerprint density at radius 2 is 2.22 bits per heavy atom. The van der Waals surface area contributed by atoms with Gasteiger partial charge in [-0.25, -0.2) is 18.2 Å². The van der Waals surface area contributed by atoms with Gasteiger partial charge < -0.3 is 10.4 Å². The van der Waals surface area contributed by atoms with Crippen molar-refractivity contribution < 1.29 is 18.3 Å². The van der Waals surface area contributed by atoms with E-state index in [1.807, 2.05) is 6.92 Å². The van der Waals surface area contributed by atoms with Gasteiger partial charge in [-0.1, -0.05) is 0 Å². The molecule has 7 heteroatoms. The fourth-order valence-electron chi connectivity index (χ4n) is 2.05. The summed E-state index contributed by atoms with van der Waals surface area (Å²) in [5, 5.41) is 11.8. The highest BCUT2D eigenvalue weighted by Crippen LogP contribution is 2.27. The third kappa shape index (κ3) is 2.79. The third-order valence-electron chi connectivity index (χ3n) is 2.93. The molecule has 1 aromatic heterocycles. The Bertz CT molecular complexity index is 567. The molecule has 2 heterocycles. The first kappa shape index (κ1) is 12.8. The second-order valence-electron chi connectivity index (χ2n) is 4.76. The Morgan fingerprint density at radius 1 is 1.50 bits per heavy atom. The van der Waals surface area contributed by atoms with Crippen LogP contribution >= 0.6 is 0 Å². The second kappa shape index (κ2) is 4.24. The number of sulfone groups is 1. The van der Waals surface area contributed by atoms with Crippen LogP contribution in [0.15, 0.2) is 18.3 Å². The maximum atomic E-state index is 11.4. The van der Waals surface area contributed by atoms with Crippen LogP contribution in [0.25, 0.3) is 0 Å². The van der Waals surface area contributed by atoms with Crippen LogP contribution in [-0.2, 0) is 9.84 Å². The fourth-order valence-corrected chi connectivity index (χ4v) is 4.14. The zero-order chi connectivity index (χ0) is 13.4. The van der Waals surface area contributed by atoms with E-state index in [0.717, 1.165) is 0 Å². The van der Waals surface area contributed by atoms with Crippen molar-refractivity contribution in [3.8, 4) is 0 Å². The summed E-state index contributed by atoms with van der Waals surface area (Å²) in [6.07, 6.45) is 1.94. The number of anilines is 1. The molecule has 1 fully saturated rings. The molecule has 0 aliphatic carbocycles. The van der Waals surface area contributed by atoms with Gasteiger partial charge >= 0.3 is 5.97 Å². The van der Waals surface area contributed by atoms with E-state index >= 15 is 0 Å². The number of aromatic carboxylic acids is 1.